The molecule has 13 aliphatic rings. The summed E-state index contributed by atoms with van der Waals surface area (Å²) in [5.74, 6) is 0.982. The highest BCUT2D eigenvalue weighted by Gasteiger charge is 2.63. The van der Waals surface area contributed by atoms with Gasteiger partial charge in [-0.25, -0.2) is 0 Å². The van der Waals surface area contributed by atoms with Crippen LogP contribution in [0.5, 0.6) is 0 Å². The van der Waals surface area contributed by atoms with Crippen molar-refractivity contribution < 1.29 is 109 Å². The van der Waals surface area contributed by atoms with Crippen molar-refractivity contribution in [2.24, 2.45) is 72.4 Å². The van der Waals surface area contributed by atoms with E-state index in [1.165, 1.54) is 64.2 Å². The largest absolute Gasteiger partial charge is 0.465 e. The van der Waals surface area contributed by atoms with Gasteiger partial charge in [0.15, 0.2) is 0 Å². The van der Waals surface area contributed by atoms with Gasteiger partial charge < -0.3 is 56.4 Å². The second-order valence-corrected chi connectivity index (χ2v) is 54.7. The van der Waals surface area contributed by atoms with Crippen molar-refractivity contribution in [2.75, 3.05) is 19.4 Å². The molecule has 5 atom stereocenters. The number of cyclic esters (lactones) is 2. The highest BCUT2D eigenvalue weighted by Crippen LogP contribution is 2.66. The minimum absolute atomic E-state index is 0.00111. The molecule has 2 heterocycles. The molecular formula is C125H215O23P. The summed E-state index contributed by atoms with van der Waals surface area (Å²) < 4.78 is 84.6. The molecule has 858 valence electrons. The predicted molar refractivity (Wildman–Crippen MR) is 594 cm³/mol. The summed E-state index contributed by atoms with van der Waals surface area (Å²) >= 11 is 0. The third-order valence-electron chi connectivity index (χ3n) is 39.2. The molecule has 11 aliphatic carbocycles. The van der Waals surface area contributed by atoms with Crippen LogP contribution in [0.3, 0.4) is 0 Å². The van der Waals surface area contributed by atoms with Gasteiger partial charge in [-0.2, -0.15) is 0 Å². The van der Waals surface area contributed by atoms with Gasteiger partial charge in [0.2, 0.25) is 0 Å². The third-order valence-corrected chi connectivity index (χ3v) is 41.2. The molecule has 0 aromatic rings. The predicted octanol–water partition coefficient (Wildman–Crippen LogP) is 32.3. The first-order valence-electron chi connectivity index (χ1n) is 59.5. The minimum Gasteiger partial charge on any atom is -0.465 e. The SMILES string of the molecule is C=C1CCCC1(C)OC(=O)C(C)(C)CC.C=CC(C)(OC(=O)C(C)(C)CC)C12CC3CC(CC(C3)C1)C2.C=CC1(OC(=O)C(C)(C)CC)CCCC1.CCC(C)(C)C(=O)OC1(C2CCC(=O)O2)CCCCC1.CCC(CC)C1(OC(=O)C(C)(C)CC)CCCC1.CCC1(OC(=O)CC(C)(OC(=O)C(C)(C)CC)C2(C)CCOC2=O)CCCCC1.CCC1(OP(=O)(CCOC(=O)C(C)(C)CC)OC2(CC)CCCCC2)CCCCC1. The number of hydrogen-bond acceptors (Lipinski definition) is 23. The molecule has 13 fully saturated rings. The quantitative estimate of drug-likeness (QED) is 0.0238. The first-order valence-corrected chi connectivity index (χ1v) is 61.2. The Kier molecular flexibility index (Phi) is 48.9. The number of esters is 10. The fourth-order valence-corrected chi connectivity index (χ4v) is 26.3. The first kappa shape index (κ1) is 132. The maximum Gasteiger partial charge on any atom is 0.335 e. The van der Waals surface area contributed by atoms with Crippen molar-refractivity contribution in [3.63, 3.8) is 0 Å². The third kappa shape index (κ3) is 34.3. The smallest absolute Gasteiger partial charge is 0.335 e. The Morgan fingerprint density at radius 2 is 0.799 bits per heavy atom. The second-order valence-electron chi connectivity index (χ2n) is 52.6. The van der Waals surface area contributed by atoms with E-state index in [4.69, 9.17) is 56.4 Å². The van der Waals surface area contributed by atoms with Gasteiger partial charge in [-0.1, -0.05) is 154 Å². The highest BCUT2D eigenvalue weighted by atomic mass is 31.2. The molecule has 0 amide bonds. The number of ether oxygens (including phenoxy) is 10. The van der Waals surface area contributed by atoms with Gasteiger partial charge in [0.1, 0.15) is 57.3 Å². The summed E-state index contributed by atoms with van der Waals surface area (Å²) in [5, 5.41) is 0. The van der Waals surface area contributed by atoms with Crippen molar-refractivity contribution in [2.45, 2.75) is 605 Å². The van der Waals surface area contributed by atoms with E-state index in [-0.39, 0.29) is 118 Å². The Balaban J connectivity index is 0.000000269. The molecular weight excluding hydrogens is 1900 g/mol. The standard InChI is InChI=1S/C24H45O5P.C23H38O6.C20H32O2.C16H26O4.C16H30O2.2C13H22O2/c1-6-22(4,5)21(25)27-19-20-30(26,28-23(7-2)15-11-9-12-16-23)29-24(8-3)17-13-10-14-18-24;1-7-20(3,4)18(25)29-22(6,21(5)14-15-27-19(21)26)16-17(24)28-23(8-2)12-10-9-11-13-23;1-6-18(3,4)17(21)22-19(5,7-2)20-11-14-8-15(12-20)10-16(9-14)13-20;1-4-15(2,3)14(18)20-16(10-6-5-7-11-16)12-8-9-13(17)19-12;1-6-13(7-2)16(11-9-10-12-16)18-14(17)15(4,5)8-3;1-6-12(3,4)11(14)15-13(5)9-7-8-10(13)2;1-5-12(3,4)11(14)15-13(6-2)9-7-8-10-13/h6-20H2,1-5H3;7-16H2,1-6H3;7,14-16H,2,6,8-13H2,1,3-5H3;12H,4-11H2,1-3H3;13H,6-12H2,1-5H3;2,6-9H2,1,3-5H3;6H,2,5,7-10H2,1,3-4H3. The molecule has 11 saturated carbocycles. The Morgan fingerprint density at radius 3 is 1.17 bits per heavy atom. The number of carbonyl (C=O) groups excluding carboxylic acids is 10. The van der Waals surface area contributed by atoms with Crippen LogP contribution in [0, 0.1) is 72.4 Å². The molecule has 0 aromatic heterocycles. The molecule has 0 radical (unpaired) electrons. The molecule has 5 unspecified atom stereocenters. The van der Waals surface area contributed by atoms with E-state index in [0.29, 0.717) is 38.0 Å². The Morgan fingerprint density at radius 1 is 0.423 bits per heavy atom. The van der Waals surface area contributed by atoms with E-state index in [0.717, 1.165) is 261 Å². The van der Waals surface area contributed by atoms with Crippen LogP contribution in [0.4, 0.5) is 0 Å². The van der Waals surface area contributed by atoms with E-state index in [1.807, 2.05) is 144 Å². The van der Waals surface area contributed by atoms with Crippen LogP contribution < -0.4 is 0 Å². The van der Waals surface area contributed by atoms with Crippen LogP contribution in [-0.2, 0) is 109 Å². The van der Waals surface area contributed by atoms with Crippen molar-refractivity contribution in [1.82, 2.24) is 0 Å². The van der Waals surface area contributed by atoms with Crippen LogP contribution >= 0.6 is 7.60 Å². The molecule has 24 heteroatoms. The van der Waals surface area contributed by atoms with Gasteiger partial charge in [-0.3, -0.25) is 52.5 Å². The maximum absolute atomic E-state index is 14.1. The first-order chi connectivity index (χ1) is 69.4. The van der Waals surface area contributed by atoms with E-state index in [1.54, 1.807) is 27.7 Å². The molecule has 0 aromatic carbocycles. The average Bonchev–Trinajstić information content (AvgIpc) is 1.52. The zero-order valence-corrected chi connectivity index (χ0v) is 101. The molecule has 23 nitrogen and oxygen atoms in total. The second kappa shape index (κ2) is 55.3. The molecule has 4 bridgehead atoms. The fraction of sp³-hybridized carbons (Fsp3) is 0.872. The average molecular weight is 2120 g/mol. The van der Waals surface area contributed by atoms with Crippen LogP contribution in [0.25, 0.3) is 0 Å². The molecule has 149 heavy (non-hydrogen) atoms. The molecule has 13 rings (SSSR count). The van der Waals surface area contributed by atoms with E-state index in [9.17, 15) is 52.5 Å². The summed E-state index contributed by atoms with van der Waals surface area (Å²) in [7, 11) is -3.41. The summed E-state index contributed by atoms with van der Waals surface area (Å²) in [6.45, 7) is 71.3. The lowest BCUT2D eigenvalue weighted by molar-refractivity contribution is -0.198. The van der Waals surface area contributed by atoms with Gasteiger partial charge in [0.25, 0.3) is 0 Å². The lowest BCUT2D eigenvalue weighted by atomic mass is 9.45. The van der Waals surface area contributed by atoms with Crippen molar-refractivity contribution in [3.05, 3.63) is 37.5 Å². The van der Waals surface area contributed by atoms with Crippen LogP contribution in [0.15, 0.2) is 37.5 Å². The van der Waals surface area contributed by atoms with Gasteiger partial charge in [0.05, 0.1) is 68.3 Å². The van der Waals surface area contributed by atoms with Gasteiger partial charge in [-0.05, 0) is 436 Å². The van der Waals surface area contributed by atoms with Gasteiger partial charge in [-0.15, -0.1) is 0 Å². The van der Waals surface area contributed by atoms with Gasteiger partial charge >= 0.3 is 67.3 Å². The number of rotatable bonds is 41. The number of hydrogen-bond donors (Lipinski definition) is 0. The Bertz CT molecular complexity index is 4280. The molecule has 2 saturated heterocycles. The normalized spacial score (nSPS) is 25.9. The summed E-state index contributed by atoms with van der Waals surface area (Å²) in [5.41, 5.74) is -7.67. The highest BCUT2D eigenvalue weighted by molar-refractivity contribution is 7.54. The Labute approximate surface area is 904 Å². The molecule has 2 aliphatic heterocycles. The van der Waals surface area contributed by atoms with Crippen LogP contribution in [0.1, 0.15) is 548 Å². The van der Waals surface area contributed by atoms with Crippen molar-refractivity contribution in [1.29, 1.82) is 0 Å². The fourth-order valence-electron chi connectivity index (χ4n) is 24.0. The van der Waals surface area contributed by atoms with E-state index < -0.39 is 80.6 Å². The van der Waals surface area contributed by atoms with Crippen molar-refractivity contribution in [3.8, 4) is 0 Å². The molecule has 0 N–H and O–H groups in total. The van der Waals surface area contributed by atoms with Crippen LogP contribution in [0.2, 0.25) is 0 Å². The molecule has 0 spiro atoms. The zero-order valence-electron chi connectivity index (χ0n) is 100. The topological polar surface area (TPSA) is 299 Å². The van der Waals surface area contributed by atoms with Gasteiger partial charge in [0, 0.05) is 18.3 Å². The lowest BCUT2D eigenvalue weighted by Crippen LogP contribution is -2.58. The van der Waals surface area contributed by atoms with Crippen molar-refractivity contribution >= 4 is 67.3 Å². The monoisotopic (exact) mass is 2120 g/mol. The van der Waals surface area contributed by atoms with Crippen LogP contribution in [-0.4, -0.2) is 136 Å². The summed E-state index contributed by atoms with van der Waals surface area (Å²) in [6, 6.07) is 0. The van der Waals surface area contributed by atoms with E-state index in [2.05, 4.69) is 68.2 Å². The lowest BCUT2D eigenvalue weighted by Gasteiger charge is -2.61. The number of carbonyl (C=O) groups is 10. The zero-order chi connectivity index (χ0) is 112. The minimum atomic E-state index is -3.41. The summed E-state index contributed by atoms with van der Waals surface area (Å²) in [4.78, 5) is 124. The van der Waals surface area contributed by atoms with E-state index >= 15 is 0 Å². The maximum atomic E-state index is 14.1. The Hall–Kier alpha value is -5.93. The summed E-state index contributed by atoms with van der Waals surface area (Å²) in [6.07, 6.45) is 54.8.